The molecular formula is C18H22FNO5. The number of hydrogen-bond donors (Lipinski definition) is 0. The third kappa shape index (κ3) is 4.03. The van der Waals surface area contributed by atoms with E-state index >= 15 is 0 Å². The van der Waals surface area contributed by atoms with Crippen molar-refractivity contribution in [2.24, 2.45) is 5.41 Å². The smallest absolute Gasteiger partial charge is 0.321 e. The van der Waals surface area contributed by atoms with Crippen LogP contribution in [-0.4, -0.2) is 28.8 Å². The Morgan fingerprint density at radius 2 is 1.96 bits per heavy atom. The Kier molecular flexibility index (Phi) is 5.25. The fraction of sp³-hybridized carbons (Fsp3) is 0.556. The number of benzene rings is 1. The summed E-state index contributed by atoms with van der Waals surface area (Å²) in [4.78, 5) is 36.3. The van der Waals surface area contributed by atoms with Gasteiger partial charge >= 0.3 is 5.97 Å². The number of nitrogens with zero attached hydrogens (tertiary/aromatic N) is 1. The van der Waals surface area contributed by atoms with Crippen molar-refractivity contribution in [1.29, 1.82) is 0 Å². The molecule has 2 atom stereocenters. The second kappa shape index (κ2) is 6.90. The van der Waals surface area contributed by atoms with Gasteiger partial charge in [0, 0.05) is 11.3 Å². The summed E-state index contributed by atoms with van der Waals surface area (Å²) in [7, 11) is 0. The third-order valence-electron chi connectivity index (χ3n) is 4.43. The first-order chi connectivity index (χ1) is 11.6. The summed E-state index contributed by atoms with van der Waals surface area (Å²) in [6.07, 6.45) is 0.832. The van der Waals surface area contributed by atoms with Crippen LogP contribution in [0.2, 0.25) is 0 Å². The van der Waals surface area contributed by atoms with Gasteiger partial charge in [-0.25, -0.2) is 4.39 Å². The van der Waals surface area contributed by atoms with Crippen LogP contribution < -0.4 is 0 Å². The molecule has 1 aliphatic rings. The molecule has 6 nitrogen and oxygen atoms in total. The fourth-order valence-corrected chi connectivity index (χ4v) is 3.38. The van der Waals surface area contributed by atoms with E-state index in [-0.39, 0.29) is 18.6 Å². The van der Waals surface area contributed by atoms with Crippen molar-refractivity contribution in [3.05, 3.63) is 45.8 Å². The molecule has 0 aromatic heterocycles. The Labute approximate surface area is 145 Å². The largest absolute Gasteiger partial charge is 0.459 e. The number of Topliss-reactive ketones (excluding diaryl/α,β-unsaturated/α-hetero) is 1. The average Bonchev–Trinajstić information content (AvgIpc) is 2.86. The van der Waals surface area contributed by atoms with E-state index in [1.54, 1.807) is 20.8 Å². The van der Waals surface area contributed by atoms with E-state index in [4.69, 9.17) is 4.74 Å². The molecule has 1 aromatic rings. The number of ether oxygens (including phenoxy) is 1. The number of ketones is 1. The molecule has 1 aromatic carbocycles. The SMILES string of the molecule is CC(C)(C)OC(=O)[C@@]1([C@@H](C[N+](=O)[O-])c2ccc(F)cc2)CCCC1=O. The first kappa shape index (κ1) is 19.0. The van der Waals surface area contributed by atoms with Crippen molar-refractivity contribution in [2.75, 3.05) is 6.54 Å². The lowest BCUT2D eigenvalue weighted by molar-refractivity contribution is -0.485. The van der Waals surface area contributed by atoms with Gasteiger partial charge in [0.25, 0.3) is 0 Å². The number of hydrogen-bond acceptors (Lipinski definition) is 5. The first-order valence-corrected chi connectivity index (χ1v) is 8.20. The Bertz CT molecular complexity index is 680. The number of carbonyl (C=O) groups excluding carboxylic acids is 2. The highest BCUT2D eigenvalue weighted by Crippen LogP contribution is 2.48. The lowest BCUT2D eigenvalue weighted by atomic mass is 9.69. The Morgan fingerprint density at radius 1 is 1.36 bits per heavy atom. The predicted octanol–water partition coefficient (Wildman–Crippen LogP) is 3.27. The summed E-state index contributed by atoms with van der Waals surface area (Å²) in [5, 5.41) is 11.2. The topological polar surface area (TPSA) is 86.5 Å². The number of carbonyl (C=O) groups is 2. The van der Waals surface area contributed by atoms with E-state index in [0.717, 1.165) is 0 Å². The second-order valence-electron chi connectivity index (χ2n) is 7.37. The summed E-state index contributed by atoms with van der Waals surface area (Å²) in [6.45, 7) is 4.44. The molecule has 0 amide bonds. The van der Waals surface area contributed by atoms with Crippen LogP contribution in [0.15, 0.2) is 24.3 Å². The maximum Gasteiger partial charge on any atom is 0.321 e. The summed E-state index contributed by atoms with van der Waals surface area (Å²) >= 11 is 0. The number of halogens is 1. The minimum absolute atomic E-state index is 0.175. The molecule has 2 rings (SSSR count). The van der Waals surface area contributed by atoms with Crippen LogP contribution in [0.5, 0.6) is 0 Å². The van der Waals surface area contributed by atoms with E-state index in [1.807, 2.05) is 0 Å². The average molecular weight is 351 g/mol. The van der Waals surface area contributed by atoms with Crippen LogP contribution in [0.1, 0.15) is 51.5 Å². The molecule has 0 radical (unpaired) electrons. The molecule has 1 aliphatic carbocycles. The van der Waals surface area contributed by atoms with Gasteiger partial charge in [-0.05, 0) is 51.3 Å². The van der Waals surface area contributed by atoms with E-state index in [0.29, 0.717) is 12.0 Å². The molecule has 0 aliphatic heterocycles. The molecule has 1 fully saturated rings. The Hall–Kier alpha value is -2.31. The van der Waals surface area contributed by atoms with Gasteiger partial charge in [-0.1, -0.05) is 12.1 Å². The summed E-state index contributed by atoms with van der Waals surface area (Å²) < 4.78 is 18.7. The number of esters is 1. The highest BCUT2D eigenvalue weighted by atomic mass is 19.1. The fourth-order valence-electron chi connectivity index (χ4n) is 3.38. The molecule has 0 heterocycles. The molecule has 0 unspecified atom stereocenters. The Morgan fingerprint density at radius 3 is 2.40 bits per heavy atom. The lowest BCUT2D eigenvalue weighted by Crippen LogP contribution is -2.47. The van der Waals surface area contributed by atoms with Crippen molar-refractivity contribution in [3.8, 4) is 0 Å². The summed E-state index contributed by atoms with van der Waals surface area (Å²) in [6, 6.07) is 5.12. The van der Waals surface area contributed by atoms with Crippen LogP contribution in [-0.2, 0) is 14.3 Å². The van der Waals surface area contributed by atoms with Gasteiger partial charge in [0.05, 0.1) is 5.92 Å². The van der Waals surface area contributed by atoms with Gasteiger partial charge in [0.2, 0.25) is 6.54 Å². The molecule has 1 saturated carbocycles. The molecule has 136 valence electrons. The van der Waals surface area contributed by atoms with Crippen molar-refractivity contribution < 1.29 is 23.6 Å². The quantitative estimate of drug-likeness (QED) is 0.352. The van der Waals surface area contributed by atoms with Gasteiger partial charge in [-0.15, -0.1) is 0 Å². The van der Waals surface area contributed by atoms with Crippen LogP contribution in [0.4, 0.5) is 4.39 Å². The zero-order chi connectivity index (χ0) is 18.8. The summed E-state index contributed by atoms with van der Waals surface area (Å²) in [5.41, 5.74) is -2.04. The van der Waals surface area contributed by atoms with Gasteiger partial charge in [-0.3, -0.25) is 19.7 Å². The molecule has 7 heteroatoms. The normalized spacial score (nSPS) is 21.8. The van der Waals surface area contributed by atoms with E-state index in [9.17, 15) is 24.1 Å². The highest BCUT2D eigenvalue weighted by molar-refractivity contribution is 6.06. The van der Waals surface area contributed by atoms with Crippen LogP contribution in [0.25, 0.3) is 0 Å². The maximum atomic E-state index is 13.3. The molecule has 25 heavy (non-hydrogen) atoms. The van der Waals surface area contributed by atoms with Gasteiger partial charge in [-0.2, -0.15) is 0 Å². The second-order valence-corrected chi connectivity index (χ2v) is 7.37. The standard InChI is InChI=1S/C18H22FNO5/c1-17(2,3)25-16(22)18(10-4-5-15(18)21)14(11-20(23)24)12-6-8-13(19)9-7-12/h6-9,14H,4-5,10-11H2,1-3H3/t14-,18+/m0/s1. The first-order valence-electron chi connectivity index (χ1n) is 8.20. The molecule has 0 bridgehead atoms. The van der Waals surface area contributed by atoms with Crippen LogP contribution in [0.3, 0.4) is 0 Å². The molecule has 0 spiro atoms. The molecule has 0 saturated heterocycles. The minimum atomic E-state index is -1.60. The maximum absolute atomic E-state index is 13.3. The van der Waals surface area contributed by atoms with Crippen LogP contribution >= 0.6 is 0 Å². The lowest BCUT2D eigenvalue weighted by Gasteiger charge is -2.34. The zero-order valence-electron chi connectivity index (χ0n) is 14.6. The molecule has 0 N–H and O–H groups in total. The van der Waals surface area contributed by atoms with Crippen molar-refractivity contribution in [2.45, 2.75) is 51.6 Å². The predicted molar refractivity (Wildman–Crippen MR) is 88.1 cm³/mol. The van der Waals surface area contributed by atoms with Crippen molar-refractivity contribution in [1.82, 2.24) is 0 Å². The van der Waals surface area contributed by atoms with Gasteiger partial charge in [0.1, 0.15) is 16.8 Å². The zero-order valence-corrected chi connectivity index (χ0v) is 14.6. The van der Waals surface area contributed by atoms with Crippen molar-refractivity contribution in [3.63, 3.8) is 0 Å². The highest BCUT2D eigenvalue weighted by Gasteiger charge is 2.58. The van der Waals surface area contributed by atoms with Gasteiger partial charge < -0.3 is 4.74 Å². The third-order valence-corrected chi connectivity index (χ3v) is 4.43. The summed E-state index contributed by atoms with van der Waals surface area (Å²) in [5.74, 6) is -2.57. The van der Waals surface area contributed by atoms with E-state index in [2.05, 4.69) is 0 Å². The Balaban J connectivity index is 2.54. The van der Waals surface area contributed by atoms with E-state index in [1.165, 1.54) is 24.3 Å². The monoisotopic (exact) mass is 351 g/mol. The number of nitro groups is 1. The molecular weight excluding hydrogens is 329 g/mol. The number of rotatable bonds is 5. The van der Waals surface area contributed by atoms with E-state index < -0.39 is 40.2 Å². The van der Waals surface area contributed by atoms with Crippen LogP contribution in [0, 0.1) is 21.3 Å². The van der Waals surface area contributed by atoms with Gasteiger partial charge in [0.15, 0.2) is 5.78 Å². The van der Waals surface area contributed by atoms with Crippen molar-refractivity contribution >= 4 is 11.8 Å². The minimum Gasteiger partial charge on any atom is -0.459 e.